The fraction of sp³-hybridized carbons (Fsp3) is 0.571. The summed E-state index contributed by atoms with van der Waals surface area (Å²) in [6.07, 6.45) is 1.33. The van der Waals surface area contributed by atoms with Crippen LogP contribution in [0.5, 0.6) is 5.75 Å². The molecule has 1 N–H and O–H groups in total. The van der Waals surface area contributed by atoms with E-state index in [1.807, 2.05) is 26.0 Å². The van der Waals surface area contributed by atoms with Gasteiger partial charge in [-0.3, -0.25) is 0 Å². The molecule has 3 heteroatoms. The van der Waals surface area contributed by atoms with Gasteiger partial charge in [0, 0.05) is 26.1 Å². The Hall–Kier alpha value is -1.06. The molecule has 3 nitrogen and oxygen atoms in total. The maximum absolute atomic E-state index is 10.6. The first-order valence-corrected chi connectivity index (χ1v) is 6.03. The van der Waals surface area contributed by atoms with E-state index in [9.17, 15) is 5.11 Å². The van der Waals surface area contributed by atoms with Crippen LogP contribution in [0.2, 0.25) is 0 Å². The Labute approximate surface area is 102 Å². The minimum absolute atomic E-state index is 0.626. The molecule has 94 valence electrons. The summed E-state index contributed by atoms with van der Waals surface area (Å²) in [6.45, 7) is 5.28. The zero-order chi connectivity index (χ0) is 12.5. The predicted molar refractivity (Wildman–Crippen MR) is 66.4 cm³/mol. The molecule has 1 aliphatic heterocycles. The Bertz CT molecular complexity index is 383. The number of hydrogen-bond acceptors (Lipinski definition) is 3. The molecule has 0 amide bonds. The summed E-state index contributed by atoms with van der Waals surface area (Å²) < 4.78 is 10.7. The van der Waals surface area contributed by atoms with Gasteiger partial charge in [-0.2, -0.15) is 0 Å². The van der Waals surface area contributed by atoms with E-state index in [0.717, 1.165) is 22.4 Å². The molecule has 1 aromatic rings. The third-order valence-electron chi connectivity index (χ3n) is 3.52. The molecule has 1 fully saturated rings. The number of ether oxygens (including phenoxy) is 2. The molecule has 1 saturated heterocycles. The Balaban J connectivity index is 2.39. The maximum atomic E-state index is 10.6. The summed E-state index contributed by atoms with van der Waals surface area (Å²) in [7, 11) is 1.68. The first-order valence-electron chi connectivity index (χ1n) is 6.03. The van der Waals surface area contributed by atoms with Crippen molar-refractivity contribution in [2.75, 3.05) is 20.3 Å². The molecule has 1 aromatic carbocycles. The van der Waals surface area contributed by atoms with Crippen molar-refractivity contribution in [3.8, 4) is 5.75 Å². The van der Waals surface area contributed by atoms with Gasteiger partial charge in [0.2, 0.25) is 0 Å². The third kappa shape index (κ3) is 2.31. The molecule has 0 saturated carbocycles. The minimum atomic E-state index is -0.736. The van der Waals surface area contributed by atoms with Crippen LogP contribution in [0.25, 0.3) is 0 Å². The van der Waals surface area contributed by atoms with Crippen LogP contribution in [0, 0.1) is 13.8 Å². The second kappa shape index (κ2) is 4.67. The molecule has 0 atom stereocenters. The maximum Gasteiger partial charge on any atom is 0.124 e. The lowest BCUT2D eigenvalue weighted by Gasteiger charge is -2.33. The van der Waals surface area contributed by atoms with Crippen LogP contribution in [0.15, 0.2) is 12.1 Å². The van der Waals surface area contributed by atoms with Crippen molar-refractivity contribution in [1.29, 1.82) is 0 Å². The molecule has 0 bridgehead atoms. The number of aliphatic hydroxyl groups is 1. The summed E-state index contributed by atoms with van der Waals surface area (Å²) in [5, 5.41) is 10.6. The van der Waals surface area contributed by atoms with Crippen LogP contribution < -0.4 is 4.74 Å². The first-order chi connectivity index (χ1) is 8.07. The van der Waals surface area contributed by atoms with Crippen LogP contribution in [0.3, 0.4) is 0 Å². The highest BCUT2D eigenvalue weighted by molar-refractivity contribution is 5.45. The summed E-state index contributed by atoms with van der Waals surface area (Å²) in [5.41, 5.74) is 2.39. The highest BCUT2D eigenvalue weighted by Gasteiger charge is 2.32. The SMILES string of the molecule is COc1c(C)cc(C2(O)CCOCC2)cc1C. The molecule has 17 heavy (non-hydrogen) atoms. The lowest BCUT2D eigenvalue weighted by Crippen LogP contribution is -2.33. The van der Waals surface area contributed by atoms with Crippen LogP contribution in [-0.2, 0) is 10.3 Å². The predicted octanol–water partition coefficient (Wildman–Crippen LogP) is 2.31. The van der Waals surface area contributed by atoms with Gasteiger partial charge >= 0.3 is 0 Å². The molecule has 1 heterocycles. The third-order valence-corrected chi connectivity index (χ3v) is 3.52. The molecule has 0 spiro atoms. The standard InChI is InChI=1S/C14H20O3/c1-10-8-12(9-11(2)13(10)16-3)14(15)4-6-17-7-5-14/h8-9,15H,4-7H2,1-3H3. The van der Waals surface area contributed by atoms with Gasteiger partial charge in [-0.15, -0.1) is 0 Å². The number of rotatable bonds is 2. The summed E-state index contributed by atoms with van der Waals surface area (Å²) in [4.78, 5) is 0. The first kappa shape index (κ1) is 12.4. The Morgan fingerprint density at radius 2 is 1.71 bits per heavy atom. The fourth-order valence-electron chi connectivity index (χ4n) is 2.54. The van der Waals surface area contributed by atoms with E-state index in [-0.39, 0.29) is 0 Å². The number of benzene rings is 1. The van der Waals surface area contributed by atoms with E-state index in [4.69, 9.17) is 9.47 Å². The average molecular weight is 236 g/mol. The minimum Gasteiger partial charge on any atom is -0.496 e. The summed E-state index contributed by atoms with van der Waals surface area (Å²) >= 11 is 0. The molecular weight excluding hydrogens is 216 g/mol. The van der Waals surface area contributed by atoms with E-state index in [1.54, 1.807) is 7.11 Å². The van der Waals surface area contributed by atoms with Gasteiger partial charge in [0.1, 0.15) is 5.75 Å². The van der Waals surface area contributed by atoms with Crippen molar-refractivity contribution < 1.29 is 14.6 Å². The second-order valence-corrected chi connectivity index (χ2v) is 4.79. The van der Waals surface area contributed by atoms with E-state index in [1.165, 1.54) is 0 Å². The molecular formula is C14H20O3. The number of methoxy groups -OCH3 is 1. The van der Waals surface area contributed by atoms with E-state index in [0.29, 0.717) is 26.1 Å². The monoisotopic (exact) mass is 236 g/mol. The number of aryl methyl sites for hydroxylation is 2. The van der Waals surface area contributed by atoms with Crippen molar-refractivity contribution in [3.63, 3.8) is 0 Å². The van der Waals surface area contributed by atoms with Crippen molar-refractivity contribution >= 4 is 0 Å². The molecule has 0 radical (unpaired) electrons. The van der Waals surface area contributed by atoms with Crippen LogP contribution in [-0.4, -0.2) is 25.4 Å². The molecule has 0 unspecified atom stereocenters. The Kier molecular flexibility index (Phi) is 3.40. The van der Waals surface area contributed by atoms with Crippen LogP contribution in [0.4, 0.5) is 0 Å². The van der Waals surface area contributed by atoms with Crippen molar-refractivity contribution in [1.82, 2.24) is 0 Å². The molecule has 2 rings (SSSR count). The smallest absolute Gasteiger partial charge is 0.124 e. The lowest BCUT2D eigenvalue weighted by molar-refractivity contribution is -0.0679. The van der Waals surface area contributed by atoms with Crippen molar-refractivity contribution in [2.24, 2.45) is 0 Å². The lowest BCUT2D eigenvalue weighted by atomic mass is 9.85. The van der Waals surface area contributed by atoms with Crippen LogP contribution in [0.1, 0.15) is 29.5 Å². The zero-order valence-corrected chi connectivity index (χ0v) is 10.7. The summed E-state index contributed by atoms with van der Waals surface area (Å²) in [5.74, 6) is 0.907. The van der Waals surface area contributed by atoms with Gasteiger partial charge in [-0.25, -0.2) is 0 Å². The van der Waals surface area contributed by atoms with Gasteiger partial charge < -0.3 is 14.6 Å². The topological polar surface area (TPSA) is 38.7 Å². The van der Waals surface area contributed by atoms with Gasteiger partial charge in [0.15, 0.2) is 0 Å². The molecule has 1 aliphatic rings. The highest BCUT2D eigenvalue weighted by atomic mass is 16.5. The van der Waals surface area contributed by atoms with E-state index < -0.39 is 5.60 Å². The van der Waals surface area contributed by atoms with Crippen LogP contribution >= 0.6 is 0 Å². The molecule has 0 aliphatic carbocycles. The van der Waals surface area contributed by atoms with Gasteiger partial charge in [0.25, 0.3) is 0 Å². The van der Waals surface area contributed by atoms with Crippen molar-refractivity contribution in [2.45, 2.75) is 32.3 Å². The highest BCUT2D eigenvalue weighted by Crippen LogP contribution is 2.35. The Morgan fingerprint density at radius 1 is 1.18 bits per heavy atom. The average Bonchev–Trinajstić information content (AvgIpc) is 2.29. The Morgan fingerprint density at radius 3 is 2.18 bits per heavy atom. The largest absolute Gasteiger partial charge is 0.496 e. The normalized spacial score (nSPS) is 19.1. The number of hydrogen-bond donors (Lipinski definition) is 1. The van der Waals surface area contributed by atoms with Gasteiger partial charge in [-0.05, 0) is 42.7 Å². The quantitative estimate of drug-likeness (QED) is 0.856. The fourth-order valence-corrected chi connectivity index (χ4v) is 2.54. The summed E-state index contributed by atoms with van der Waals surface area (Å²) in [6, 6.07) is 4.05. The zero-order valence-electron chi connectivity index (χ0n) is 10.7. The van der Waals surface area contributed by atoms with E-state index in [2.05, 4.69) is 0 Å². The molecule has 0 aromatic heterocycles. The van der Waals surface area contributed by atoms with Gasteiger partial charge in [0.05, 0.1) is 12.7 Å². The van der Waals surface area contributed by atoms with Gasteiger partial charge in [-0.1, -0.05) is 0 Å². The second-order valence-electron chi connectivity index (χ2n) is 4.79. The van der Waals surface area contributed by atoms with E-state index >= 15 is 0 Å². The van der Waals surface area contributed by atoms with Crippen molar-refractivity contribution in [3.05, 3.63) is 28.8 Å².